The predicted molar refractivity (Wildman–Crippen MR) is 68.3 cm³/mol. The Labute approximate surface area is 104 Å². The van der Waals surface area contributed by atoms with E-state index < -0.39 is 0 Å². The SMILES string of the molecule is CC1(C)CN(CCCC(N)=NO)CC(C)(C)O1. The Morgan fingerprint density at radius 2 is 1.82 bits per heavy atom. The average molecular weight is 243 g/mol. The first kappa shape index (κ1) is 14.3. The van der Waals surface area contributed by atoms with E-state index >= 15 is 0 Å². The van der Waals surface area contributed by atoms with Crippen molar-refractivity contribution in [3.63, 3.8) is 0 Å². The molecule has 100 valence electrons. The third-order valence-electron chi connectivity index (χ3n) is 2.80. The lowest BCUT2D eigenvalue weighted by Crippen LogP contribution is -2.57. The standard InChI is InChI=1S/C12H25N3O2/c1-11(2)8-15(9-12(3,4)17-11)7-5-6-10(13)14-16/h16H,5-9H2,1-4H3,(H2,13,14). The summed E-state index contributed by atoms with van der Waals surface area (Å²) in [6.45, 7) is 11.3. The third-order valence-corrected chi connectivity index (χ3v) is 2.80. The van der Waals surface area contributed by atoms with Crippen molar-refractivity contribution < 1.29 is 9.94 Å². The first-order chi connectivity index (χ1) is 7.74. The number of amidine groups is 1. The van der Waals surface area contributed by atoms with Crippen molar-refractivity contribution in [2.45, 2.75) is 51.7 Å². The predicted octanol–water partition coefficient (Wildman–Crippen LogP) is 1.40. The Morgan fingerprint density at radius 1 is 1.29 bits per heavy atom. The lowest BCUT2D eigenvalue weighted by Gasteiger charge is -2.47. The summed E-state index contributed by atoms with van der Waals surface area (Å²) in [5, 5.41) is 11.4. The first-order valence-electron chi connectivity index (χ1n) is 6.13. The Hall–Kier alpha value is -0.810. The molecule has 0 aliphatic carbocycles. The topological polar surface area (TPSA) is 71.1 Å². The molecular weight excluding hydrogens is 218 g/mol. The molecule has 1 saturated heterocycles. The van der Waals surface area contributed by atoms with Crippen LogP contribution in [-0.2, 0) is 4.74 Å². The van der Waals surface area contributed by atoms with Gasteiger partial charge in [-0.1, -0.05) is 5.16 Å². The minimum atomic E-state index is -0.113. The van der Waals surface area contributed by atoms with Crippen LogP contribution in [0.2, 0.25) is 0 Å². The molecular formula is C12H25N3O2. The summed E-state index contributed by atoms with van der Waals surface area (Å²) in [6, 6.07) is 0. The summed E-state index contributed by atoms with van der Waals surface area (Å²) in [5.41, 5.74) is 5.23. The Kier molecular flexibility index (Phi) is 4.38. The van der Waals surface area contributed by atoms with Gasteiger partial charge < -0.3 is 15.7 Å². The Morgan fingerprint density at radius 3 is 2.29 bits per heavy atom. The van der Waals surface area contributed by atoms with Gasteiger partial charge >= 0.3 is 0 Å². The summed E-state index contributed by atoms with van der Waals surface area (Å²) < 4.78 is 6.01. The van der Waals surface area contributed by atoms with Crippen LogP contribution in [0.5, 0.6) is 0 Å². The second-order valence-corrected chi connectivity index (χ2v) is 6.03. The van der Waals surface area contributed by atoms with Gasteiger partial charge in [-0.15, -0.1) is 0 Å². The van der Waals surface area contributed by atoms with E-state index in [-0.39, 0.29) is 11.2 Å². The summed E-state index contributed by atoms with van der Waals surface area (Å²) in [4.78, 5) is 2.38. The number of hydrogen-bond acceptors (Lipinski definition) is 4. The van der Waals surface area contributed by atoms with E-state index in [1.807, 2.05) is 0 Å². The molecule has 5 heteroatoms. The molecule has 1 aliphatic heterocycles. The molecule has 0 amide bonds. The van der Waals surface area contributed by atoms with Crippen molar-refractivity contribution in [3.05, 3.63) is 0 Å². The smallest absolute Gasteiger partial charge is 0.139 e. The van der Waals surface area contributed by atoms with Crippen LogP contribution in [0, 0.1) is 0 Å². The van der Waals surface area contributed by atoms with Crippen molar-refractivity contribution in [1.82, 2.24) is 4.90 Å². The van der Waals surface area contributed by atoms with Gasteiger partial charge in [0.25, 0.3) is 0 Å². The van der Waals surface area contributed by atoms with E-state index in [9.17, 15) is 0 Å². The lowest BCUT2D eigenvalue weighted by atomic mass is 9.98. The number of morpholine rings is 1. The molecule has 0 radical (unpaired) electrons. The molecule has 17 heavy (non-hydrogen) atoms. The van der Waals surface area contributed by atoms with Crippen LogP contribution in [0.4, 0.5) is 0 Å². The molecule has 0 saturated carbocycles. The lowest BCUT2D eigenvalue weighted by molar-refractivity contribution is -0.180. The van der Waals surface area contributed by atoms with Crippen LogP contribution in [0.15, 0.2) is 5.16 Å². The zero-order valence-corrected chi connectivity index (χ0v) is 11.4. The van der Waals surface area contributed by atoms with Gasteiger partial charge in [0.2, 0.25) is 0 Å². The number of hydrogen-bond donors (Lipinski definition) is 2. The van der Waals surface area contributed by atoms with Crippen LogP contribution in [0.25, 0.3) is 0 Å². The zero-order valence-electron chi connectivity index (χ0n) is 11.4. The van der Waals surface area contributed by atoms with Gasteiger partial charge in [0.1, 0.15) is 5.84 Å². The maximum absolute atomic E-state index is 8.47. The molecule has 0 unspecified atom stereocenters. The molecule has 0 atom stereocenters. The summed E-state index contributed by atoms with van der Waals surface area (Å²) in [7, 11) is 0. The third kappa shape index (κ3) is 4.91. The van der Waals surface area contributed by atoms with E-state index in [1.54, 1.807) is 0 Å². The fourth-order valence-electron chi connectivity index (χ4n) is 2.64. The monoisotopic (exact) mass is 243 g/mol. The fourth-order valence-corrected chi connectivity index (χ4v) is 2.64. The minimum absolute atomic E-state index is 0.113. The van der Waals surface area contributed by atoms with E-state index in [0.717, 1.165) is 26.1 Å². The molecule has 0 aromatic rings. The Balaban J connectivity index is 2.43. The zero-order chi connectivity index (χ0) is 13.1. The maximum Gasteiger partial charge on any atom is 0.139 e. The highest BCUT2D eigenvalue weighted by Gasteiger charge is 2.37. The van der Waals surface area contributed by atoms with Crippen LogP contribution in [0.3, 0.4) is 0 Å². The Bertz CT molecular complexity index is 271. The van der Waals surface area contributed by atoms with Crippen molar-refractivity contribution in [2.24, 2.45) is 10.9 Å². The molecule has 5 nitrogen and oxygen atoms in total. The van der Waals surface area contributed by atoms with Gasteiger partial charge in [-0.2, -0.15) is 0 Å². The molecule has 0 spiro atoms. The largest absolute Gasteiger partial charge is 0.409 e. The molecule has 0 bridgehead atoms. The van der Waals surface area contributed by atoms with Crippen LogP contribution < -0.4 is 5.73 Å². The maximum atomic E-state index is 8.47. The van der Waals surface area contributed by atoms with E-state index in [2.05, 4.69) is 37.8 Å². The highest BCUT2D eigenvalue weighted by molar-refractivity contribution is 5.79. The summed E-state index contributed by atoms with van der Waals surface area (Å²) in [6.07, 6.45) is 1.54. The van der Waals surface area contributed by atoms with Gasteiger partial charge in [0, 0.05) is 19.5 Å². The molecule has 1 aliphatic rings. The second-order valence-electron chi connectivity index (χ2n) is 6.03. The molecule has 1 heterocycles. The van der Waals surface area contributed by atoms with E-state index in [4.69, 9.17) is 15.7 Å². The molecule has 3 N–H and O–H groups in total. The summed E-state index contributed by atoms with van der Waals surface area (Å²) in [5.74, 6) is 0.303. The van der Waals surface area contributed by atoms with Crippen molar-refractivity contribution >= 4 is 5.84 Å². The van der Waals surface area contributed by atoms with Crippen molar-refractivity contribution in [2.75, 3.05) is 19.6 Å². The number of nitrogens with zero attached hydrogens (tertiary/aromatic N) is 2. The van der Waals surface area contributed by atoms with Gasteiger partial charge in [0.05, 0.1) is 11.2 Å². The van der Waals surface area contributed by atoms with E-state index in [0.29, 0.717) is 12.3 Å². The molecule has 1 fully saturated rings. The fraction of sp³-hybridized carbons (Fsp3) is 0.917. The minimum Gasteiger partial charge on any atom is -0.409 e. The summed E-state index contributed by atoms with van der Waals surface area (Å²) >= 11 is 0. The average Bonchev–Trinajstić information content (AvgIpc) is 2.12. The number of ether oxygens (including phenoxy) is 1. The first-order valence-corrected chi connectivity index (χ1v) is 6.13. The number of oxime groups is 1. The van der Waals surface area contributed by atoms with Gasteiger partial charge in [-0.05, 0) is 40.7 Å². The normalized spacial score (nSPS) is 24.8. The van der Waals surface area contributed by atoms with Gasteiger partial charge in [-0.25, -0.2) is 0 Å². The van der Waals surface area contributed by atoms with Crippen molar-refractivity contribution in [3.8, 4) is 0 Å². The van der Waals surface area contributed by atoms with Crippen LogP contribution >= 0.6 is 0 Å². The molecule has 0 aromatic heterocycles. The van der Waals surface area contributed by atoms with Crippen molar-refractivity contribution in [1.29, 1.82) is 0 Å². The van der Waals surface area contributed by atoms with Crippen LogP contribution in [0.1, 0.15) is 40.5 Å². The van der Waals surface area contributed by atoms with Gasteiger partial charge in [-0.3, -0.25) is 4.90 Å². The molecule has 0 aromatic carbocycles. The highest BCUT2D eigenvalue weighted by Crippen LogP contribution is 2.27. The van der Waals surface area contributed by atoms with Crippen LogP contribution in [-0.4, -0.2) is 46.8 Å². The highest BCUT2D eigenvalue weighted by atomic mass is 16.5. The quantitative estimate of drug-likeness (QED) is 0.339. The second kappa shape index (κ2) is 5.23. The number of rotatable bonds is 4. The van der Waals surface area contributed by atoms with E-state index in [1.165, 1.54) is 0 Å². The number of nitrogens with two attached hydrogens (primary N) is 1. The van der Waals surface area contributed by atoms with Gasteiger partial charge in [0.15, 0.2) is 0 Å². The molecule has 1 rings (SSSR count).